The van der Waals surface area contributed by atoms with Gasteiger partial charge in [0.2, 0.25) is 0 Å². The van der Waals surface area contributed by atoms with Crippen LogP contribution in [0, 0.1) is 35.5 Å². The van der Waals surface area contributed by atoms with Crippen molar-refractivity contribution < 1.29 is 0 Å². The van der Waals surface area contributed by atoms with E-state index in [4.69, 9.17) is 0 Å². The second-order valence-corrected chi connectivity index (χ2v) is 6.66. The van der Waals surface area contributed by atoms with Crippen LogP contribution in [-0.2, 0) is 0 Å². The molecule has 4 aliphatic rings. The first kappa shape index (κ1) is 8.19. The summed E-state index contributed by atoms with van der Waals surface area (Å²) in [6.45, 7) is 0. The molecule has 0 aromatic rings. The molecule has 0 N–H and O–H groups in total. The van der Waals surface area contributed by atoms with Crippen molar-refractivity contribution in [3.05, 3.63) is 0 Å². The topological polar surface area (TPSA) is 0 Å². The van der Waals surface area contributed by atoms with Gasteiger partial charge in [-0.3, -0.25) is 0 Å². The highest BCUT2D eigenvalue weighted by Gasteiger charge is 2.48. The molecule has 6 unspecified atom stereocenters. The number of fused-ring (bicyclic) bond motifs is 2. The van der Waals surface area contributed by atoms with Gasteiger partial charge in [-0.1, -0.05) is 0 Å². The molecule has 4 fully saturated rings. The summed E-state index contributed by atoms with van der Waals surface area (Å²) in [7, 11) is 0. The van der Waals surface area contributed by atoms with Gasteiger partial charge in [0.15, 0.2) is 0 Å². The molecule has 0 saturated heterocycles. The molecule has 0 radical (unpaired) electrons. The Bertz CT molecular complexity index is 218. The third kappa shape index (κ3) is 1.26. The molecule has 4 saturated carbocycles. The molecule has 4 aliphatic carbocycles. The van der Waals surface area contributed by atoms with Gasteiger partial charge in [-0.2, -0.15) is 0 Å². The summed E-state index contributed by atoms with van der Waals surface area (Å²) in [5, 5.41) is 0. The Morgan fingerprint density at radius 2 is 0.643 bits per heavy atom. The first-order chi connectivity index (χ1) is 6.90. The fourth-order valence-electron chi connectivity index (χ4n) is 4.63. The normalized spacial score (nSPS) is 60.0. The van der Waals surface area contributed by atoms with Crippen molar-refractivity contribution in [1.29, 1.82) is 0 Å². The average molecular weight is 190 g/mol. The Morgan fingerprint density at radius 3 is 0.929 bits per heavy atom. The molecule has 0 nitrogen and oxygen atoms in total. The summed E-state index contributed by atoms with van der Waals surface area (Å²) in [5.41, 5.74) is 0. The second-order valence-electron chi connectivity index (χ2n) is 6.66. The monoisotopic (exact) mass is 190 g/mol. The fraction of sp³-hybridized carbons (Fsp3) is 1.00. The fourth-order valence-corrected chi connectivity index (χ4v) is 4.63. The van der Waals surface area contributed by atoms with Crippen LogP contribution in [-0.4, -0.2) is 0 Å². The van der Waals surface area contributed by atoms with E-state index in [-0.39, 0.29) is 0 Å². The van der Waals surface area contributed by atoms with Crippen LogP contribution in [0.4, 0.5) is 0 Å². The number of hydrogen-bond acceptors (Lipinski definition) is 0. The van der Waals surface area contributed by atoms with Crippen molar-refractivity contribution in [3.8, 4) is 0 Å². The van der Waals surface area contributed by atoms with Crippen molar-refractivity contribution >= 4 is 0 Å². The molecule has 0 heterocycles. The number of rotatable bonds is 1. The molecule has 0 aromatic carbocycles. The minimum Gasteiger partial charge on any atom is -0.0499 e. The van der Waals surface area contributed by atoms with Crippen molar-refractivity contribution in [2.24, 2.45) is 35.5 Å². The van der Waals surface area contributed by atoms with Crippen molar-refractivity contribution in [2.45, 2.75) is 51.4 Å². The predicted molar refractivity (Wildman–Crippen MR) is 57.9 cm³/mol. The van der Waals surface area contributed by atoms with E-state index in [2.05, 4.69) is 0 Å². The Morgan fingerprint density at radius 1 is 0.357 bits per heavy atom. The molecule has 4 rings (SSSR count). The van der Waals surface area contributed by atoms with Gasteiger partial charge >= 0.3 is 0 Å². The van der Waals surface area contributed by atoms with Crippen molar-refractivity contribution in [1.82, 2.24) is 0 Å². The highest BCUT2D eigenvalue weighted by Crippen LogP contribution is 2.58. The van der Waals surface area contributed by atoms with E-state index in [0.29, 0.717) is 0 Å². The second kappa shape index (κ2) is 2.77. The van der Waals surface area contributed by atoms with Crippen LogP contribution in [0.15, 0.2) is 0 Å². The van der Waals surface area contributed by atoms with Crippen LogP contribution in [0.1, 0.15) is 51.4 Å². The minimum absolute atomic E-state index is 1.17. The smallest absolute Gasteiger partial charge is 0.0380 e. The van der Waals surface area contributed by atoms with E-state index >= 15 is 0 Å². The first-order valence-corrected chi connectivity index (χ1v) is 6.90. The lowest BCUT2D eigenvalue weighted by Gasteiger charge is -2.32. The van der Waals surface area contributed by atoms with Gasteiger partial charge in [0.1, 0.15) is 0 Å². The molecule has 0 heteroatoms. The Hall–Kier alpha value is 0. The van der Waals surface area contributed by atoms with E-state index in [9.17, 15) is 0 Å². The van der Waals surface area contributed by atoms with E-state index in [1.54, 1.807) is 51.4 Å². The van der Waals surface area contributed by atoms with Gasteiger partial charge in [-0.25, -0.2) is 0 Å². The van der Waals surface area contributed by atoms with Gasteiger partial charge < -0.3 is 0 Å². The van der Waals surface area contributed by atoms with Gasteiger partial charge in [0.25, 0.3) is 0 Å². The average Bonchev–Trinajstić information content (AvgIpc) is 3.10. The van der Waals surface area contributed by atoms with Gasteiger partial charge in [0.05, 0.1) is 0 Å². The summed E-state index contributed by atoms with van der Waals surface area (Å²) in [6, 6.07) is 0. The highest BCUT2D eigenvalue weighted by atomic mass is 14.5. The molecule has 0 aliphatic heterocycles. The molecule has 0 spiro atoms. The molecular weight excluding hydrogens is 168 g/mol. The largest absolute Gasteiger partial charge is 0.0499 e. The van der Waals surface area contributed by atoms with Gasteiger partial charge in [-0.15, -0.1) is 0 Å². The Kier molecular flexibility index (Phi) is 1.62. The van der Waals surface area contributed by atoms with Crippen molar-refractivity contribution in [2.75, 3.05) is 0 Å². The molecular formula is C14H22. The summed E-state index contributed by atoms with van der Waals surface area (Å²) in [5.74, 6) is 7.13. The molecule has 0 amide bonds. The lowest BCUT2D eigenvalue weighted by Crippen LogP contribution is -2.22. The maximum absolute atomic E-state index is 1.63. The standard InChI is InChI=1S/C14H22/c1-3-11-7-13(11)5-9(1)10-2-4-12-8-14(12)6-10/h9-14H,1-8H2. The molecule has 6 atom stereocenters. The first-order valence-electron chi connectivity index (χ1n) is 6.90. The molecule has 14 heavy (non-hydrogen) atoms. The van der Waals surface area contributed by atoms with E-state index in [1.807, 2.05) is 0 Å². The maximum Gasteiger partial charge on any atom is -0.0380 e. The van der Waals surface area contributed by atoms with E-state index < -0.39 is 0 Å². The lowest BCUT2D eigenvalue weighted by molar-refractivity contribution is 0.185. The van der Waals surface area contributed by atoms with Crippen LogP contribution in [0.5, 0.6) is 0 Å². The van der Waals surface area contributed by atoms with Crippen LogP contribution >= 0.6 is 0 Å². The summed E-state index contributed by atoms with van der Waals surface area (Å²) < 4.78 is 0. The summed E-state index contributed by atoms with van der Waals surface area (Å²) >= 11 is 0. The third-order valence-corrected chi connectivity index (χ3v) is 5.83. The predicted octanol–water partition coefficient (Wildman–Crippen LogP) is 3.86. The quantitative estimate of drug-likeness (QED) is 0.589. The minimum atomic E-state index is 1.17. The van der Waals surface area contributed by atoms with Crippen LogP contribution in [0.2, 0.25) is 0 Å². The molecule has 0 aromatic heterocycles. The SMILES string of the molecule is C1CC2CC2CC1C1CCC2CC2C1. The lowest BCUT2D eigenvalue weighted by atomic mass is 9.73. The zero-order valence-corrected chi connectivity index (χ0v) is 9.12. The van der Waals surface area contributed by atoms with Crippen LogP contribution in [0.3, 0.4) is 0 Å². The highest BCUT2D eigenvalue weighted by molar-refractivity contribution is 4.98. The zero-order valence-electron chi connectivity index (χ0n) is 9.12. The Balaban J connectivity index is 1.41. The Labute approximate surface area is 87.5 Å². The zero-order chi connectivity index (χ0) is 9.12. The molecule has 0 bridgehead atoms. The summed E-state index contributed by atoms with van der Waals surface area (Å²) in [4.78, 5) is 0. The number of hydrogen-bond donors (Lipinski definition) is 0. The van der Waals surface area contributed by atoms with Crippen LogP contribution < -0.4 is 0 Å². The van der Waals surface area contributed by atoms with E-state index in [0.717, 1.165) is 0 Å². The summed E-state index contributed by atoms with van der Waals surface area (Å²) in [6.07, 6.45) is 12.9. The maximum atomic E-state index is 1.63. The van der Waals surface area contributed by atoms with E-state index in [1.165, 1.54) is 35.5 Å². The van der Waals surface area contributed by atoms with Crippen molar-refractivity contribution in [3.63, 3.8) is 0 Å². The molecule has 78 valence electrons. The third-order valence-electron chi connectivity index (χ3n) is 5.83. The van der Waals surface area contributed by atoms with Gasteiger partial charge in [-0.05, 0) is 86.9 Å². The van der Waals surface area contributed by atoms with Gasteiger partial charge in [0, 0.05) is 0 Å². The van der Waals surface area contributed by atoms with Crippen LogP contribution in [0.25, 0.3) is 0 Å².